The van der Waals surface area contributed by atoms with Gasteiger partial charge in [0.05, 0.1) is 11.5 Å². The van der Waals surface area contributed by atoms with Gasteiger partial charge in [-0.25, -0.2) is 8.42 Å². The van der Waals surface area contributed by atoms with Gasteiger partial charge in [0.15, 0.2) is 9.84 Å². The van der Waals surface area contributed by atoms with Crippen molar-refractivity contribution in [3.05, 3.63) is 0 Å². The Morgan fingerprint density at radius 2 is 2.06 bits per heavy atom. The molecule has 2 saturated heterocycles. The normalized spacial score (nSPS) is 42.8. The lowest BCUT2D eigenvalue weighted by Gasteiger charge is -2.45. The highest BCUT2D eigenvalue weighted by Crippen LogP contribution is 2.34. The molecule has 0 aromatic heterocycles. The largest absolute Gasteiger partial charge is 0.329 e. The van der Waals surface area contributed by atoms with E-state index in [9.17, 15) is 8.42 Å². The zero-order valence-electron chi connectivity index (χ0n) is 10.9. The van der Waals surface area contributed by atoms with Crippen molar-refractivity contribution in [1.29, 1.82) is 0 Å². The van der Waals surface area contributed by atoms with Crippen LogP contribution in [0.4, 0.5) is 0 Å². The molecule has 2 aliphatic rings. The van der Waals surface area contributed by atoms with Crippen molar-refractivity contribution in [1.82, 2.24) is 4.90 Å². The highest BCUT2D eigenvalue weighted by atomic mass is 32.2. The van der Waals surface area contributed by atoms with Crippen molar-refractivity contribution in [3.63, 3.8) is 0 Å². The number of nitrogens with two attached hydrogens (primary N) is 1. The standard InChI is InChI=1S/C12H24N2O2S/c1-10-3-5-14(7-11(10)2)12(8-13)4-6-17(15,16)9-12/h10-11H,3-9,13H2,1-2H3. The summed E-state index contributed by atoms with van der Waals surface area (Å²) in [5, 5.41) is 0. The van der Waals surface area contributed by atoms with Gasteiger partial charge < -0.3 is 5.73 Å². The quantitative estimate of drug-likeness (QED) is 0.784. The number of rotatable bonds is 2. The maximum Gasteiger partial charge on any atom is 0.152 e. The maximum atomic E-state index is 11.7. The maximum absolute atomic E-state index is 11.7. The van der Waals surface area contributed by atoms with Crippen LogP contribution in [0.5, 0.6) is 0 Å². The van der Waals surface area contributed by atoms with E-state index in [2.05, 4.69) is 18.7 Å². The minimum absolute atomic E-state index is 0.262. The summed E-state index contributed by atoms with van der Waals surface area (Å²) in [5.74, 6) is 1.94. The second kappa shape index (κ2) is 4.52. The number of piperidine rings is 1. The van der Waals surface area contributed by atoms with Crippen LogP contribution in [0, 0.1) is 11.8 Å². The first kappa shape index (κ1) is 13.3. The summed E-state index contributed by atoms with van der Waals surface area (Å²) in [4.78, 5) is 2.35. The van der Waals surface area contributed by atoms with E-state index < -0.39 is 9.84 Å². The molecule has 3 atom stereocenters. The summed E-state index contributed by atoms with van der Waals surface area (Å²) in [7, 11) is -2.87. The number of nitrogens with zero attached hydrogens (tertiary/aromatic N) is 1. The van der Waals surface area contributed by atoms with Crippen molar-refractivity contribution >= 4 is 9.84 Å². The molecule has 0 spiro atoms. The highest BCUT2D eigenvalue weighted by molar-refractivity contribution is 7.91. The Kier molecular flexibility index (Phi) is 3.54. The van der Waals surface area contributed by atoms with E-state index in [0.717, 1.165) is 25.4 Å². The zero-order chi connectivity index (χ0) is 12.7. The van der Waals surface area contributed by atoms with Crippen molar-refractivity contribution < 1.29 is 8.42 Å². The molecular weight excluding hydrogens is 236 g/mol. The molecule has 0 bridgehead atoms. The molecule has 0 aliphatic carbocycles. The fourth-order valence-electron chi connectivity index (χ4n) is 3.13. The second-order valence-electron chi connectivity index (χ2n) is 5.96. The van der Waals surface area contributed by atoms with Gasteiger partial charge in [-0.2, -0.15) is 0 Å². The number of likely N-dealkylation sites (tertiary alicyclic amines) is 1. The molecule has 0 saturated carbocycles. The molecule has 0 aromatic rings. The van der Waals surface area contributed by atoms with Gasteiger partial charge in [-0.15, -0.1) is 0 Å². The van der Waals surface area contributed by atoms with Gasteiger partial charge >= 0.3 is 0 Å². The molecule has 100 valence electrons. The van der Waals surface area contributed by atoms with Crippen molar-refractivity contribution in [2.75, 3.05) is 31.1 Å². The molecule has 2 fully saturated rings. The lowest BCUT2D eigenvalue weighted by atomic mass is 9.84. The van der Waals surface area contributed by atoms with E-state index in [1.165, 1.54) is 0 Å². The van der Waals surface area contributed by atoms with Gasteiger partial charge in [0.1, 0.15) is 0 Å². The van der Waals surface area contributed by atoms with Crippen LogP contribution < -0.4 is 5.73 Å². The minimum Gasteiger partial charge on any atom is -0.329 e. The first-order chi connectivity index (χ1) is 7.88. The van der Waals surface area contributed by atoms with Crippen LogP contribution in [0.1, 0.15) is 26.7 Å². The minimum atomic E-state index is -2.87. The Morgan fingerprint density at radius 1 is 1.35 bits per heavy atom. The summed E-state index contributed by atoms with van der Waals surface area (Å²) < 4.78 is 23.4. The van der Waals surface area contributed by atoms with Crippen molar-refractivity contribution in [2.24, 2.45) is 17.6 Å². The molecule has 2 heterocycles. The summed E-state index contributed by atoms with van der Waals surface area (Å²) in [5.41, 5.74) is 5.62. The lowest BCUT2D eigenvalue weighted by molar-refractivity contribution is 0.0458. The molecule has 0 radical (unpaired) electrons. The van der Waals surface area contributed by atoms with E-state index in [0.29, 0.717) is 24.6 Å². The topological polar surface area (TPSA) is 63.4 Å². The van der Waals surface area contributed by atoms with E-state index in [1.807, 2.05) is 0 Å². The summed E-state index contributed by atoms with van der Waals surface area (Å²) >= 11 is 0. The van der Waals surface area contributed by atoms with Gasteiger partial charge in [-0.05, 0) is 31.2 Å². The number of hydrogen-bond acceptors (Lipinski definition) is 4. The van der Waals surface area contributed by atoms with E-state index in [-0.39, 0.29) is 11.3 Å². The monoisotopic (exact) mass is 260 g/mol. The number of sulfone groups is 1. The Bertz CT molecular complexity index is 382. The van der Waals surface area contributed by atoms with E-state index >= 15 is 0 Å². The Labute approximate surface area is 104 Å². The van der Waals surface area contributed by atoms with Crippen LogP contribution in [0.25, 0.3) is 0 Å². The van der Waals surface area contributed by atoms with Gasteiger partial charge in [-0.3, -0.25) is 4.90 Å². The average molecular weight is 260 g/mol. The van der Waals surface area contributed by atoms with Crippen LogP contribution in [0.2, 0.25) is 0 Å². The predicted molar refractivity (Wildman–Crippen MR) is 69.6 cm³/mol. The number of hydrogen-bond donors (Lipinski definition) is 1. The third-order valence-electron chi connectivity index (χ3n) is 4.75. The first-order valence-electron chi connectivity index (χ1n) is 6.54. The van der Waals surface area contributed by atoms with Crippen molar-refractivity contribution in [3.8, 4) is 0 Å². The molecule has 4 nitrogen and oxygen atoms in total. The van der Waals surface area contributed by atoms with Gasteiger partial charge in [0, 0.05) is 18.6 Å². The summed E-state index contributed by atoms with van der Waals surface area (Å²) in [6.07, 6.45) is 1.87. The molecule has 2 aliphatic heterocycles. The zero-order valence-corrected chi connectivity index (χ0v) is 11.7. The van der Waals surface area contributed by atoms with Gasteiger partial charge in [0.25, 0.3) is 0 Å². The SMILES string of the molecule is CC1CCN(C2(CN)CCS(=O)(=O)C2)CC1C. The summed E-state index contributed by atoms with van der Waals surface area (Å²) in [6, 6.07) is 0. The molecule has 5 heteroatoms. The highest BCUT2D eigenvalue weighted by Gasteiger charge is 2.46. The van der Waals surface area contributed by atoms with Crippen LogP contribution in [0.15, 0.2) is 0 Å². The van der Waals surface area contributed by atoms with Crippen LogP contribution >= 0.6 is 0 Å². The fraction of sp³-hybridized carbons (Fsp3) is 1.00. The van der Waals surface area contributed by atoms with Crippen LogP contribution in [-0.4, -0.2) is 50.0 Å². The molecule has 0 aromatic carbocycles. The molecule has 17 heavy (non-hydrogen) atoms. The molecule has 3 unspecified atom stereocenters. The third kappa shape index (κ3) is 2.51. The van der Waals surface area contributed by atoms with Crippen LogP contribution in [-0.2, 0) is 9.84 Å². The van der Waals surface area contributed by atoms with Gasteiger partial charge in [0.2, 0.25) is 0 Å². The summed E-state index contributed by atoms with van der Waals surface area (Å²) in [6.45, 7) is 6.99. The molecule has 2 rings (SSSR count). The Morgan fingerprint density at radius 3 is 2.53 bits per heavy atom. The van der Waals surface area contributed by atoms with E-state index in [1.54, 1.807) is 0 Å². The molecule has 0 amide bonds. The third-order valence-corrected chi connectivity index (χ3v) is 6.56. The smallest absolute Gasteiger partial charge is 0.152 e. The predicted octanol–water partition coefficient (Wildman–Crippen LogP) is 0.480. The lowest BCUT2D eigenvalue weighted by Crippen LogP contribution is -2.58. The Hall–Kier alpha value is -0.130. The van der Waals surface area contributed by atoms with E-state index in [4.69, 9.17) is 5.73 Å². The average Bonchev–Trinajstić information content (AvgIpc) is 2.60. The molecule has 2 N–H and O–H groups in total. The molecular formula is C12H24N2O2S. The van der Waals surface area contributed by atoms with Crippen molar-refractivity contribution in [2.45, 2.75) is 32.2 Å². The van der Waals surface area contributed by atoms with Gasteiger partial charge in [-0.1, -0.05) is 13.8 Å². The fourth-order valence-corrected chi connectivity index (χ4v) is 5.23. The first-order valence-corrected chi connectivity index (χ1v) is 8.36. The van der Waals surface area contributed by atoms with Crippen LogP contribution in [0.3, 0.4) is 0 Å². The Balaban J connectivity index is 2.15. The second-order valence-corrected chi connectivity index (χ2v) is 8.14.